The lowest BCUT2D eigenvalue weighted by molar-refractivity contribution is -0.385. The lowest BCUT2D eigenvalue weighted by Crippen LogP contribution is -2.36. The van der Waals surface area contributed by atoms with Crippen LogP contribution in [0.25, 0.3) is 0 Å². The second-order valence-electron chi connectivity index (χ2n) is 4.25. The van der Waals surface area contributed by atoms with Crippen LogP contribution in [0.1, 0.15) is 10.4 Å². The second kappa shape index (κ2) is 6.83. The highest BCUT2D eigenvalue weighted by atomic mass is 16.6. The Morgan fingerprint density at radius 3 is 2.75 bits per heavy atom. The van der Waals surface area contributed by atoms with E-state index in [-0.39, 0.29) is 24.5 Å². The second-order valence-corrected chi connectivity index (χ2v) is 4.25. The topological polar surface area (TPSA) is 113 Å². The number of benzene rings is 1. The molecule has 8 nitrogen and oxygen atoms in total. The Morgan fingerprint density at radius 2 is 2.20 bits per heavy atom. The third kappa shape index (κ3) is 3.90. The molecule has 1 atom stereocenters. The minimum Gasteiger partial charge on any atom is -0.508 e. The maximum absolute atomic E-state index is 12.1. The van der Waals surface area contributed by atoms with Crippen molar-refractivity contribution in [2.45, 2.75) is 6.10 Å². The van der Waals surface area contributed by atoms with Crippen LogP contribution in [0, 0.1) is 10.1 Å². The highest BCUT2D eigenvalue weighted by Crippen LogP contribution is 2.24. The van der Waals surface area contributed by atoms with Crippen LogP contribution in [-0.2, 0) is 4.74 Å². The van der Waals surface area contributed by atoms with E-state index >= 15 is 0 Å². The molecular formula is C12H16N2O6. The standard InChI is InChI=1S/C12H16N2O6/c1-13(6-9(16)7-20-2)12(17)10-5-8(15)3-4-11(10)14(18)19/h3-5,9,15-16H,6-7H2,1-2H3. The molecule has 0 bridgehead atoms. The smallest absolute Gasteiger partial charge is 0.282 e. The molecule has 0 saturated heterocycles. The molecule has 0 heterocycles. The molecule has 0 aliphatic heterocycles. The summed E-state index contributed by atoms with van der Waals surface area (Å²) in [5.41, 5.74) is -0.636. The number of amides is 1. The van der Waals surface area contributed by atoms with E-state index in [1.165, 1.54) is 14.2 Å². The summed E-state index contributed by atoms with van der Waals surface area (Å²) in [7, 11) is 2.81. The van der Waals surface area contributed by atoms with Gasteiger partial charge in [-0.25, -0.2) is 0 Å². The Kier molecular flexibility index (Phi) is 5.42. The number of nitrogens with zero attached hydrogens (tertiary/aromatic N) is 2. The van der Waals surface area contributed by atoms with Gasteiger partial charge in [0.05, 0.1) is 17.6 Å². The first-order valence-electron chi connectivity index (χ1n) is 5.76. The summed E-state index contributed by atoms with van der Waals surface area (Å²) in [4.78, 5) is 23.4. The van der Waals surface area contributed by atoms with Crippen molar-refractivity contribution < 1.29 is 24.7 Å². The summed E-state index contributed by atoms with van der Waals surface area (Å²) in [5.74, 6) is -0.910. The number of aliphatic hydroxyl groups excluding tert-OH is 1. The summed E-state index contributed by atoms with van der Waals surface area (Å²) in [5, 5.41) is 29.8. The number of hydrogen-bond acceptors (Lipinski definition) is 6. The molecule has 2 N–H and O–H groups in total. The van der Waals surface area contributed by atoms with Crippen LogP contribution in [0.2, 0.25) is 0 Å². The highest BCUT2D eigenvalue weighted by molar-refractivity contribution is 5.98. The predicted molar refractivity (Wildman–Crippen MR) is 69.6 cm³/mol. The molecule has 0 aliphatic rings. The molecule has 1 rings (SSSR count). The lowest BCUT2D eigenvalue weighted by atomic mass is 10.1. The fraction of sp³-hybridized carbons (Fsp3) is 0.417. The first kappa shape index (κ1) is 15.9. The van der Waals surface area contributed by atoms with Gasteiger partial charge in [-0.15, -0.1) is 0 Å². The molecule has 0 radical (unpaired) electrons. The minimum atomic E-state index is -0.898. The normalized spacial score (nSPS) is 11.9. The van der Waals surface area contributed by atoms with Crippen LogP contribution in [0.3, 0.4) is 0 Å². The van der Waals surface area contributed by atoms with E-state index < -0.39 is 22.6 Å². The fourth-order valence-corrected chi connectivity index (χ4v) is 1.70. The number of phenols is 1. The number of nitro benzene ring substituents is 1. The monoisotopic (exact) mass is 284 g/mol. The van der Waals surface area contributed by atoms with Crippen molar-refractivity contribution >= 4 is 11.6 Å². The van der Waals surface area contributed by atoms with Crippen LogP contribution < -0.4 is 0 Å². The molecule has 1 aromatic carbocycles. The van der Waals surface area contributed by atoms with Gasteiger partial charge in [-0.05, 0) is 12.1 Å². The number of aromatic hydroxyl groups is 1. The van der Waals surface area contributed by atoms with E-state index in [2.05, 4.69) is 0 Å². The van der Waals surface area contributed by atoms with Gasteiger partial charge in [-0.1, -0.05) is 0 Å². The Bertz CT molecular complexity index is 505. The molecule has 0 aromatic heterocycles. The minimum absolute atomic E-state index is 0.0414. The summed E-state index contributed by atoms with van der Waals surface area (Å²) in [6, 6.07) is 3.22. The number of nitro groups is 1. The van der Waals surface area contributed by atoms with Gasteiger partial charge in [0.1, 0.15) is 11.3 Å². The number of likely N-dealkylation sites (N-methyl/N-ethyl adjacent to an activating group) is 1. The molecule has 8 heteroatoms. The summed E-state index contributed by atoms with van der Waals surface area (Å²) < 4.78 is 4.73. The Balaban J connectivity index is 2.96. The maximum atomic E-state index is 12.1. The van der Waals surface area contributed by atoms with E-state index in [0.29, 0.717) is 0 Å². The molecule has 110 valence electrons. The van der Waals surface area contributed by atoms with Gasteiger partial charge in [-0.2, -0.15) is 0 Å². The van der Waals surface area contributed by atoms with Gasteiger partial charge < -0.3 is 19.8 Å². The average Bonchev–Trinajstić information content (AvgIpc) is 2.37. The molecule has 0 fully saturated rings. The Morgan fingerprint density at radius 1 is 1.55 bits per heavy atom. The highest BCUT2D eigenvalue weighted by Gasteiger charge is 2.24. The molecule has 0 saturated carbocycles. The zero-order valence-corrected chi connectivity index (χ0v) is 11.1. The molecule has 1 aromatic rings. The van der Waals surface area contributed by atoms with Gasteiger partial charge in [0.25, 0.3) is 11.6 Å². The van der Waals surface area contributed by atoms with Gasteiger partial charge in [0, 0.05) is 26.8 Å². The van der Waals surface area contributed by atoms with Gasteiger partial charge in [0.15, 0.2) is 0 Å². The first-order chi connectivity index (χ1) is 9.36. The zero-order chi connectivity index (χ0) is 15.3. The molecule has 1 unspecified atom stereocenters. The van der Waals surface area contributed by atoms with Crippen molar-refractivity contribution in [3.63, 3.8) is 0 Å². The largest absolute Gasteiger partial charge is 0.508 e. The Hall–Kier alpha value is -2.19. The number of phenolic OH excluding ortho intramolecular Hbond substituents is 1. The quantitative estimate of drug-likeness (QED) is 0.576. The average molecular weight is 284 g/mol. The molecular weight excluding hydrogens is 268 g/mol. The number of aliphatic hydroxyl groups is 1. The predicted octanol–water partition coefficient (Wildman–Crippen LogP) is 0.380. The van der Waals surface area contributed by atoms with Gasteiger partial charge >= 0.3 is 0 Å². The number of hydrogen-bond donors (Lipinski definition) is 2. The third-order valence-corrected chi connectivity index (χ3v) is 2.60. The summed E-state index contributed by atoms with van der Waals surface area (Å²) in [6.07, 6.45) is -0.898. The van der Waals surface area contributed by atoms with Crippen LogP contribution in [0.5, 0.6) is 5.75 Å². The lowest BCUT2D eigenvalue weighted by Gasteiger charge is -2.20. The van der Waals surface area contributed by atoms with Crippen molar-refractivity contribution in [2.24, 2.45) is 0 Å². The van der Waals surface area contributed by atoms with Gasteiger partial charge in [-0.3, -0.25) is 14.9 Å². The molecule has 0 aliphatic carbocycles. The van der Waals surface area contributed by atoms with E-state index in [4.69, 9.17) is 4.74 Å². The van der Waals surface area contributed by atoms with Crippen molar-refractivity contribution in [1.29, 1.82) is 0 Å². The SMILES string of the molecule is COCC(O)CN(C)C(=O)c1cc(O)ccc1[N+](=O)[O-]. The van der Waals surface area contributed by atoms with Crippen LogP contribution in [-0.4, -0.2) is 59.4 Å². The van der Waals surface area contributed by atoms with Crippen LogP contribution in [0.4, 0.5) is 5.69 Å². The number of carbonyl (C=O) groups is 1. The van der Waals surface area contributed by atoms with Crippen molar-refractivity contribution in [3.05, 3.63) is 33.9 Å². The van der Waals surface area contributed by atoms with E-state index in [1.807, 2.05) is 0 Å². The maximum Gasteiger partial charge on any atom is 0.282 e. The van der Waals surface area contributed by atoms with Crippen molar-refractivity contribution in [1.82, 2.24) is 4.90 Å². The van der Waals surface area contributed by atoms with E-state index in [0.717, 1.165) is 23.1 Å². The van der Waals surface area contributed by atoms with Gasteiger partial charge in [0.2, 0.25) is 0 Å². The van der Waals surface area contributed by atoms with E-state index in [9.17, 15) is 25.1 Å². The fourth-order valence-electron chi connectivity index (χ4n) is 1.70. The molecule has 0 spiro atoms. The zero-order valence-electron chi connectivity index (χ0n) is 11.1. The first-order valence-corrected chi connectivity index (χ1v) is 5.76. The van der Waals surface area contributed by atoms with E-state index in [1.54, 1.807) is 0 Å². The van der Waals surface area contributed by atoms with Crippen LogP contribution >= 0.6 is 0 Å². The number of ether oxygens (including phenoxy) is 1. The van der Waals surface area contributed by atoms with Crippen molar-refractivity contribution in [2.75, 3.05) is 27.3 Å². The van der Waals surface area contributed by atoms with Crippen LogP contribution in [0.15, 0.2) is 18.2 Å². The summed E-state index contributed by atoms with van der Waals surface area (Å²) in [6.45, 7) is -0.000757. The number of carbonyl (C=O) groups excluding carboxylic acids is 1. The summed E-state index contributed by atoms with van der Waals surface area (Å²) >= 11 is 0. The van der Waals surface area contributed by atoms with Crippen molar-refractivity contribution in [3.8, 4) is 5.75 Å². The molecule has 20 heavy (non-hydrogen) atoms. The Labute approximate surface area is 115 Å². The number of methoxy groups -OCH3 is 1. The molecule has 1 amide bonds. The third-order valence-electron chi connectivity index (χ3n) is 2.60. The number of rotatable bonds is 6.